The van der Waals surface area contributed by atoms with Gasteiger partial charge in [-0.1, -0.05) is 32.9 Å². The molecule has 4 N–H and O–H groups in total. The van der Waals surface area contributed by atoms with Gasteiger partial charge in [0.15, 0.2) is 0 Å². The van der Waals surface area contributed by atoms with Crippen molar-refractivity contribution in [1.29, 1.82) is 0 Å². The first-order valence-electron chi connectivity index (χ1n) is 9.31. The molecule has 0 aliphatic heterocycles. The molecule has 0 radical (unpaired) electrons. The first-order valence-corrected chi connectivity index (χ1v) is 10.2. The van der Waals surface area contributed by atoms with Crippen LogP contribution >= 0.6 is 50.1 Å². The van der Waals surface area contributed by atoms with E-state index in [4.69, 9.17) is 11.5 Å². The Hall–Kier alpha value is -0.680. The molecule has 6 heteroatoms. The molecule has 0 amide bonds. The van der Waals surface area contributed by atoms with E-state index in [9.17, 15) is 0 Å². The van der Waals surface area contributed by atoms with E-state index in [1.807, 2.05) is 12.1 Å². The van der Waals surface area contributed by atoms with Gasteiger partial charge in [-0.15, -0.1) is 50.1 Å². The fourth-order valence-electron chi connectivity index (χ4n) is 4.40. The lowest BCUT2D eigenvalue weighted by molar-refractivity contribution is 0.146. The largest absolute Gasteiger partial charge is 0.398 e. The molecular formula is C22H32Cl2N2S2. The van der Waals surface area contributed by atoms with Crippen LogP contribution in [-0.2, 0) is 5.41 Å². The Bertz CT molecular complexity index is 757. The molecule has 1 aliphatic rings. The van der Waals surface area contributed by atoms with Crippen LogP contribution in [0.5, 0.6) is 0 Å². The number of nitrogen functional groups attached to an aromatic ring is 2. The third-order valence-corrected chi connectivity index (χ3v) is 7.00. The molecule has 1 saturated carbocycles. The zero-order valence-corrected chi connectivity index (χ0v) is 20.2. The van der Waals surface area contributed by atoms with Crippen molar-refractivity contribution in [2.45, 2.75) is 61.7 Å². The maximum absolute atomic E-state index is 6.02. The van der Waals surface area contributed by atoms with Gasteiger partial charge in [-0.25, -0.2) is 0 Å². The molecule has 0 atom stereocenters. The minimum absolute atomic E-state index is 0. The summed E-state index contributed by atoms with van der Waals surface area (Å²) in [6.07, 6.45) is 4.65. The molecule has 2 aromatic carbocycles. The summed E-state index contributed by atoms with van der Waals surface area (Å²) in [6, 6.07) is 12.6. The Morgan fingerprint density at radius 1 is 0.821 bits per heavy atom. The van der Waals surface area contributed by atoms with E-state index in [0.717, 1.165) is 39.9 Å². The lowest BCUT2D eigenvalue weighted by Crippen LogP contribution is -2.36. The first kappa shape index (κ1) is 25.4. The second kappa shape index (κ2) is 9.42. The van der Waals surface area contributed by atoms with Crippen LogP contribution in [0.15, 0.2) is 46.2 Å². The molecule has 3 rings (SSSR count). The minimum atomic E-state index is -0.0297. The number of hydrogen-bond acceptors (Lipinski definition) is 4. The molecule has 0 aromatic heterocycles. The number of rotatable bonds is 2. The summed E-state index contributed by atoms with van der Waals surface area (Å²) in [5.41, 5.74) is 16.4. The van der Waals surface area contributed by atoms with Gasteiger partial charge in [-0.3, -0.25) is 0 Å². The number of thiol groups is 2. The summed E-state index contributed by atoms with van der Waals surface area (Å²) in [7, 11) is 0. The summed E-state index contributed by atoms with van der Waals surface area (Å²) in [5, 5.41) is 0. The minimum Gasteiger partial charge on any atom is -0.398 e. The second-order valence-electron chi connectivity index (χ2n) is 8.77. The van der Waals surface area contributed by atoms with E-state index < -0.39 is 0 Å². The van der Waals surface area contributed by atoms with Crippen LogP contribution in [0.3, 0.4) is 0 Å². The van der Waals surface area contributed by atoms with E-state index in [1.54, 1.807) is 0 Å². The standard InChI is InChI=1S/C22H30N2S2.2ClH/c1-21(2,3)14-8-10-22(11-9-14,15-4-6-17(23)19(25)12-15)16-5-7-18(24)20(26)13-16;;/h4-7,12-14,25-26H,8-11,23-24H2,1-3H3;2*1H. The topological polar surface area (TPSA) is 52.0 Å². The molecule has 0 heterocycles. The van der Waals surface area contributed by atoms with Gasteiger partial charge in [-0.05, 0) is 72.4 Å². The Kier molecular flexibility index (Phi) is 8.53. The summed E-state index contributed by atoms with van der Waals surface area (Å²) >= 11 is 9.15. The van der Waals surface area contributed by atoms with Crippen LogP contribution in [0.25, 0.3) is 0 Å². The number of hydrogen-bond donors (Lipinski definition) is 4. The van der Waals surface area contributed by atoms with E-state index in [1.165, 1.54) is 24.0 Å². The van der Waals surface area contributed by atoms with Crippen LogP contribution in [-0.4, -0.2) is 0 Å². The van der Waals surface area contributed by atoms with Crippen LogP contribution in [0.2, 0.25) is 0 Å². The molecule has 1 aliphatic carbocycles. The predicted molar refractivity (Wildman–Crippen MR) is 133 cm³/mol. The number of halogens is 2. The van der Waals surface area contributed by atoms with Crippen molar-refractivity contribution in [3.8, 4) is 0 Å². The fraction of sp³-hybridized carbons (Fsp3) is 0.455. The van der Waals surface area contributed by atoms with Gasteiger partial charge in [0, 0.05) is 26.6 Å². The van der Waals surface area contributed by atoms with Crippen molar-refractivity contribution >= 4 is 61.4 Å². The molecule has 156 valence electrons. The quantitative estimate of drug-likeness (QED) is 0.295. The maximum Gasteiger partial charge on any atom is 0.0449 e. The highest BCUT2D eigenvalue weighted by Gasteiger charge is 2.41. The molecule has 1 fully saturated rings. The number of nitrogens with two attached hydrogens (primary N) is 2. The van der Waals surface area contributed by atoms with Gasteiger partial charge in [0.25, 0.3) is 0 Å². The van der Waals surface area contributed by atoms with Crippen molar-refractivity contribution in [2.75, 3.05) is 11.5 Å². The Balaban J connectivity index is 0.00000196. The summed E-state index contributed by atoms with van der Waals surface area (Å²) < 4.78 is 0. The third-order valence-electron chi connectivity index (χ3n) is 6.23. The van der Waals surface area contributed by atoms with Crippen LogP contribution < -0.4 is 11.5 Å². The Morgan fingerprint density at radius 3 is 1.54 bits per heavy atom. The molecule has 28 heavy (non-hydrogen) atoms. The second-order valence-corrected chi connectivity index (χ2v) is 9.73. The van der Waals surface area contributed by atoms with Crippen LogP contribution in [0.4, 0.5) is 11.4 Å². The van der Waals surface area contributed by atoms with E-state index in [2.05, 4.69) is 70.3 Å². The molecule has 0 spiro atoms. The predicted octanol–water partition coefficient (Wildman–Crippen LogP) is 6.79. The van der Waals surface area contributed by atoms with E-state index in [0.29, 0.717) is 5.41 Å². The van der Waals surface area contributed by atoms with Crippen molar-refractivity contribution in [3.05, 3.63) is 47.5 Å². The van der Waals surface area contributed by atoms with Crippen molar-refractivity contribution in [3.63, 3.8) is 0 Å². The van der Waals surface area contributed by atoms with Gasteiger partial charge in [0.2, 0.25) is 0 Å². The summed E-state index contributed by atoms with van der Waals surface area (Å²) in [4.78, 5) is 1.70. The molecular weight excluding hydrogens is 427 g/mol. The van der Waals surface area contributed by atoms with Crippen molar-refractivity contribution < 1.29 is 0 Å². The average molecular weight is 460 g/mol. The highest BCUT2D eigenvalue weighted by atomic mass is 35.5. The lowest BCUT2D eigenvalue weighted by atomic mass is 9.59. The Labute approximate surface area is 192 Å². The number of benzene rings is 2. The van der Waals surface area contributed by atoms with Crippen molar-refractivity contribution in [2.24, 2.45) is 11.3 Å². The smallest absolute Gasteiger partial charge is 0.0449 e. The number of anilines is 2. The highest BCUT2D eigenvalue weighted by molar-refractivity contribution is 7.80. The summed E-state index contributed by atoms with van der Waals surface area (Å²) in [5.74, 6) is 0.740. The zero-order valence-electron chi connectivity index (χ0n) is 16.7. The summed E-state index contributed by atoms with van der Waals surface area (Å²) in [6.45, 7) is 7.07. The van der Waals surface area contributed by atoms with E-state index in [-0.39, 0.29) is 30.2 Å². The Morgan fingerprint density at radius 2 is 1.21 bits per heavy atom. The van der Waals surface area contributed by atoms with Crippen LogP contribution in [0.1, 0.15) is 57.6 Å². The average Bonchev–Trinajstić information content (AvgIpc) is 2.59. The van der Waals surface area contributed by atoms with Gasteiger partial charge in [0.1, 0.15) is 0 Å². The SMILES string of the molecule is CC(C)(C)C1CCC(c2ccc(N)c(S)c2)(c2ccc(N)c(S)c2)CC1.Cl.Cl. The normalized spacial score (nSPS) is 16.8. The van der Waals surface area contributed by atoms with E-state index >= 15 is 0 Å². The molecule has 0 unspecified atom stereocenters. The monoisotopic (exact) mass is 458 g/mol. The lowest BCUT2D eigenvalue weighted by Gasteiger charge is -2.45. The molecule has 2 nitrogen and oxygen atoms in total. The molecule has 2 aromatic rings. The van der Waals surface area contributed by atoms with Gasteiger partial charge in [-0.2, -0.15) is 0 Å². The highest BCUT2D eigenvalue weighted by Crippen LogP contribution is 2.51. The van der Waals surface area contributed by atoms with Gasteiger partial charge < -0.3 is 11.5 Å². The first-order chi connectivity index (χ1) is 12.1. The zero-order chi connectivity index (χ0) is 19.1. The fourth-order valence-corrected chi connectivity index (χ4v) is 4.83. The van der Waals surface area contributed by atoms with Crippen LogP contribution in [0, 0.1) is 11.3 Å². The van der Waals surface area contributed by atoms with Crippen molar-refractivity contribution in [1.82, 2.24) is 0 Å². The third kappa shape index (κ3) is 4.89. The van der Waals surface area contributed by atoms with Gasteiger partial charge >= 0.3 is 0 Å². The molecule has 0 saturated heterocycles. The maximum atomic E-state index is 6.02. The van der Waals surface area contributed by atoms with Gasteiger partial charge in [0.05, 0.1) is 0 Å². The molecule has 0 bridgehead atoms.